The number of hydrogen-bond acceptors (Lipinski definition) is 7. The monoisotopic (exact) mass is 502 g/mol. The number of thiophene rings is 1. The molecular formula is C28H26N2O5S. The van der Waals surface area contributed by atoms with E-state index in [2.05, 4.69) is 0 Å². The van der Waals surface area contributed by atoms with Crippen molar-refractivity contribution in [2.75, 3.05) is 17.1 Å². The van der Waals surface area contributed by atoms with E-state index in [0.717, 1.165) is 52.9 Å². The number of imide groups is 1. The lowest BCUT2D eigenvalue weighted by Crippen LogP contribution is -2.38. The first-order valence-corrected chi connectivity index (χ1v) is 13.0. The first-order chi connectivity index (χ1) is 17.5. The van der Waals surface area contributed by atoms with Gasteiger partial charge in [0.1, 0.15) is 10.9 Å². The maximum Gasteiger partial charge on any atom is 0.341 e. The third kappa shape index (κ3) is 3.39. The molecule has 0 spiro atoms. The van der Waals surface area contributed by atoms with E-state index in [0.29, 0.717) is 10.6 Å². The fraction of sp³-hybridized carbons (Fsp3) is 0.321. The minimum absolute atomic E-state index is 0.348. The quantitative estimate of drug-likeness (QED) is 0.378. The first-order valence-electron chi connectivity index (χ1n) is 12.2. The highest BCUT2D eigenvalue weighted by molar-refractivity contribution is 7.17. The van der Waals surface area contributed by atoms with Crippen molar-refractivity contribution < 1.29 is 24.0 Å². The molecule has 184 valence electrons. The summed E-state index contributed by atoms with van der Waals surface area (Å²) in [5, 5.41) is 2.09. The second-order valence-corrected chi connectivity index (χ2v) is 10.5. The summed E-state index contributed by atoms with van der Waals surface area (Å²) in [6, 6.07) is 16.9. The summed E-state index contributed by atoms with van der Waals surface area (Å²) in [6.45, 7) is 1.98. The maximum absolute atomic E-state index is 14.1. The highest BCUT2D eigenvalue weighted by atomic mass is 32.1. The number of nitrogens with zero attached hydrogens (tertiary/aromatic N) is 2. The van der Waals surface area contributed by atoms with Gasteiger partial charge >= 0.3 is 5.97 Å². The Balaban J connectivity index is 1.46. The Kier molecular flexibility index (Phi) is 5.65. The SMILES string of the molecule is COC(=O)c1c(N2C(=O)[C@@H]3[C@@H](ON(c4ccccc4C)[C@H]3c3ccccc3)C2=O)sc2c1CCCC2. The van der Waals surface area contributed by atoms with Crippen molar-refractivity contribution in [1.29, 1.82) is 0 Å². The molecule has 3 aliphatic rings. The van der Waals surface area contributed by atoms with Crippen molar-refractivity contribution in [3.63, 3.8) is 0 Å². The number of carbonyl (C=O) groups is 3. The molecule has 6 rings (SSSR count). The molecule has 36 heavy (non-hydrogen) atoms. The molecule has 7 nitrogen and oxygen atoms in total. The van der Waals surface area contributed by atoms with Crippen LogP contribution < -0.4 is 9.96 Å². The summed E-state index contributed by atoms with van der Waals surface area (Å²) in [5.74, 6) is -2.04. The molecule has 0 N–H and O–H groups in total. The molecule has 3 heterocycles. The van der Waals surface area contributed by atoms with E-state index < -0.39 is 29.9 Å². The minimum atomic E-state index is -0.980. The van der Waals surface area contributed by atoms with Crippen LogP contribution in [-0.2, 0) is 32.0 Å². The van der Waals surface area contributed by atoms with Crippen LogP contribution in [0.25, 0.3) is 0 Å². The van der Waals surface area contributed by atoms with Crippen LogP contribution in [0.15, 0.2) is 54.6 Å². The largest absolute Gasteiger partial charge is 0.465 e. The van der Waals surface area contributed by atoms with Crippen LogP contribution in [0.2, 0.25) is 0 Å². The van der Waals surface area contributed by atoms with E-state index in [1.165, 1.54) is 23.3 Å². The number of anilines is 2. The van der Waals surface area contributed by atoms with E-state index in [9.17, 15) is 14.4 Å². The average molecular weight is 503 g/mol. The predicted molar refractivity (Wildman–Crippen MR) is 136 cm³/mol. The number of benzene rings is 2. The van der Waals surface area contributed by atoms with Gasteiger partial charge in [-0.15, -0.1) is 11.3 Å². The van der Waals surface area contributed by atoms with Gasteiger partial charge in [0.2, 0.25) is 5.91 Å². The van der Waals surface area contributed by atoms with Crippen LogP contribution in [0.1, 0.15) is 50.8 Å². The second-order valence-electron chi connectivity index (χ2n) is 9.41. The number of carbonyl (C=O) groups excluding carboxylic acids is 3. The van der Waals surface area contributed by atoms with Crippen LogP contribution in [-0.4, -0.2) is 31.0 Å². The number of methoxy groups -OCH3 is 1. The molecule has 1 aliphatic carbocycles. The Bertz CT molecular complexity index is 1370. The van der Waals surface area contributed by atoms with Crippen molar-refractivity contribution in [2.45, 2.75) is 44.8 Å². The summed E-state index contributed by atoms with van der Waals surface area (Å²) in [7, 11) is 1.33. The zero-order valence-corrected chi connectivity index (χ0v) is 20.9. The molecule has 2 saturated heterocycles. The van der Waals surface area contributed by atoms with Gasteiger partial charge in [0, 0.05) is 4.88 Å². The summed E-state index contributed by atoms with van der Waals surface area (Å²) < 4.78 is 5.08. The van der Waals surface area contributed by atoms with Gasteiger partial charge < -0.3 is 4.74 Å². The van der Waals surface area contributed by atoms with Gasteiger partial charge in [0.05, 0.1) is 24.4 Å². The third-order valence-electron chi connectivity index (χ3n) is 7.35. The minimum Gasteiger partial charge on any atom is -0.465 e. The van der Waals surface area contributed by atoms with Crippen molar-refractivity contribution in [1.82, 2.24) is 0 Å². The maximum atomic E-state index is 14.1. The van der Waals surface area contributed by atoms with Crippen molar-refractivity contribution in [3.05, 3.63) is 81.7 Å². The lowest BCUT2D eigenvalue weighted by Gasteiger charge is -2.29. The number of amides is 2. The molecule has 0 unspecified atom stereocenters. The fourth-order valence-electron chi connectivity index (χ4n) is 5.65. The van der Waals surface area contributed by atoms with E-state index in [1.54, 1.807) is 5.06 Å². The average Bonchev–Trinajstić information content (AvgIpc) is 3.54. The van der Waals surface area contributed by atoms with Gasteiger partial charge in [-0.1, -0.05) is 48.5 Å². The molecule has 8 heteroatoms. The molecule has 2 fully saturated rings. The van der Waals surface area contributed by atoms with Gasteiger partial charge in [-0.3, -0.25) is 14.4 Å². The number of hydrogen-bond donors (Lipinski definition) is 0. The molecule has 2 aliphatic heterocycles. The normalized spacial score (nSPS) is 23.1. The predicted octanol–water partition coefficient (Wildman–Crippen LogP) is 4.77. The van der Waals surface area contributed by atoms with E-state index in [-0.39, 0.29) is 5.91 Å². The Hall–Kier alpha value is -3.49. The molecule has 3 atom stereocenters. The first kappa shape index (κ1) is 22.9. The molecule has 0 saturated carbocycles. The smallest absolute Gasteiger partial charge is 0.341 e. The number of aryl methyl sites for hydroxylation is 2. The van der Waals surface area contributed by atoms with Crippen molar-refractivity contribution in [3.8, 4) is 0 Å². The molecular weight excluding hydrogens is 476 g/mol. The van der Waals surface area contributed by atoms with Crippen LogP contribution in [0.4, 0.5) is 10.7 Å². The molecule has 0 radical (unpaired) electrons. The number of fused-ring (bicyclic) bond motifs is 2. The number of hydroxylamine groups is 1. The molecule has 3 aromatic rings. The zero-order chi connectivity index (χ0) is 25.0. The van der Waals surface area contributed by atoms with Crippen LogP contribution >= 0.6 is 11.3 Å². The molecule has 2 aromatic carbocycles. The standard InChI is InChI=1S/C28H26N2O5S/c1-16-10-6-8-14-19(16)30-23(17-11-4-3-5-12-17)22-24(35-30)26(32)29(25(22)31)27-21(28(33)34-2)18-13-7-9-15-20(18)36-27/h3-6,8,10-12,14,22-24H,7,9,13,15H2,1-2H3/t22-,23-,24+/m0/s1. The van der Waals surface area contributed by atoms with Gasteiger partial charge in [-0.25, -0.2) is 14.8 Å². The second kappa shape index (κ2) is 8.87. The lowest BCUT2D eigenvalue weighted by molar-refractivity contribution is -0.126. The Morgan fingerprint density at radius 2 is 1.72 bits per heavy atom. The van der Waals surface area contributed by atoms with Crippen molar-refractivity contribution >= 4 is 39.8 Å². The highest BCUT2D eigenvalue weighted by Crippen LogP contribution is 2.50. The molecule has 2 amide bonds. The van der Waals surface area contributed by atoms with Crippen LogP contribution in [0.5, 0.6) is 0 Å². The number of esters is 1. The van der Waals surface area contributed by atoms with Gasteiger partial charge in [-0.2, -0.15) is 0 Å². The third-order valence-corrected chi connectivity index (χ3v) is 8.63. The fourth-order valence-corrected chi connectivity index (χ4v) is 7.03. The van der Waals surface area contributed by atoms with Gasteiger partial charge in [0.15, 0.2) is 6.10 Å². The van der Waals surface area contributed by atoms with E-state index in [1.807, 2.05) is 61.5 Å². The van der Waals surface area contributed by atoms with Gasteiger partial charge in [0.25, 0.3) is 5.91 Å². The Morgan fingerprint density at radius 3 is 2.47 bits per heavy atom. The Labute approximate surface area is 213 Å². The van der Waals surface area contributed by atoms with E-state index in [4.69, 9.17) is 9.57 Å². The van der Waals surface area contributed by atoms with Crippen LogP contribution in [0.3, 0.4) is 0 Å². The topological polar surface area (TPSA) is 76.2 Å². The Morgan fingerprint density at radius 1 is 1.00 bits per heavy atom. The molecule has 1 aromatic heterocycles. The summed E-state index contributed by atoms with van der Waals surface area (Å²) in [5.41, 5.74) is 3.94. The summed E-state index contributed by atoms with van der Waals surface area (Å²) in [4.78, 5) is 49.3. The van der Waals surface area contributed by atoms with Crippen LogP contribution in [0, 0.1) is 12.8 Å². The number of rotatable bonds is 4. The zero-order valence-electron chi connectivity index (χ0n) is 20.1. The van der Waals surface area contributed by atoms with Gasteiger partial charge in [-0.05, 0) is 55.4 Å². The number of para-hydroxylation sites is 1. The van der Waals surface area contributed by atoms with E-state index >= 15 is 0 Å². The molecule has 0 bridgehead atoms. The highest BCUT2D eigenvalue weighted by Gasteiger charge is 2.61. The number of ether oxygens (including phenoxy) is 1. The summed E-state index contributed by atoms with van der Waals surface area (Å²) in [6.07, 6.45) is 2.57. The summed E-state index contributed by atoms with van der Waals surface area (Å²) >= 11 is 1.36. The van der Waals surface area contributed by atoms with Crippen molar-refractivity contribution in [2.24, 2.45) is 5.92 Å². The lowest BCUT2D eigenvalue weighted by atomic mass is 9.90.